The number of likely N-dealkylation sites (N-methyl/N-ethyl adjacent to an activating group) is 1. The standard InChI is InChI=1S/C30H29Cl2FN4O4/c1-16(2)26-20-6-4-5-7-23(20)37(15-24(38)34-3)30(41)28(35-26)36-29(40)25(17-8-11-19(33)12-9-17)27(39)18-10-13-21(31)22(32)14-18/h4-14,16,25,27-28,39H,15H2,1-3H3,(H,34,38)(H,36,40)/t25-,27+,28?/m1/s1. The normalized spacial score (nSPS) is 16.4. The predicted molar refractivity (Wildman–Crippen MR) is 157 cm³/mol. The molecule has 0 fully saturated rings. The smallest absolute Gasteiger partial charge is 0.272 e. The van der Waals surface area contributed by atoms with Crippen molar-refractivity contribution in [3.8, 4) is 0 Å². The van der Waals surface area contributed by atoms with E-state index in [2.05, 4.69) is 15.6 Å². The van der Waals surface area contributed by atoms with Gasteiger partial charge in [0.05, 0.1) is 27.8 Å². The zero-order valence-corrected chi connectivity index (χ0v) is 24.1. The van der Waals surface area contributed by atoms with Crippen LogP contribution in [-0.2, 0) is 14.4 Å². The lowest BCUT2D eigenvalue weighted by molar-refractivity contribution is -0.130. The zero-order chi connectivity index (χ0) is 29.8. The maximum atomic E-state index is 13.9. The number of rotatable bonds is 8. The molecule has 0 aliphatic carbocycles. The van der Waals surface area contributed by atoms with Gasteiger partial charge in [-0.3, -0.25) is 24.3 Å². The third-order valence-electron chi connectivity index (χ3n) is 6.76. The van der Waals surface area contributed by atoms with Crippen LogP contribution in [0.5, 0.6) is 0 Å². The number of fused-ring (bicyclic) bond motifs is 1. The van der Waals surface area contributed by atoms with Crippen LogP contribution in [0, 0.1) is 11.7 Å². The Balaban J connectivity index is 1.77. The third-order valence-corrected chi connectivity index (χ3v) is 7.50. The molecule has 0 aromatic heterocycles. The van der Waals surface area contributed by atoms with E-state index in [0.29, 0.717) is 22.5 Å². The van der Waals surface area contributed by atoms with E-state index in [1.807, 2.05) is 13.8 Å². The number of para-hydroxylation sites is 1. The summed E-state index contributed by atoms with van der Waals surface area (Å²) >= 11 is 12.2. The molecular weight excluding hydrogens is 570 g/mol. The van der Waals surface area contributed by atoms with E-state index < -0.39 is 41.7 Å². The van der Waals surface area contributed by atoms with Gasteiger partial charge in [-0.05, 0) is 47.4 Å². The molecule has 0 radical (unpaired) electrons. The van der Waals surface area contributed by atoms with Crippen LogP contribution in [0.15, 0.2) is 71.7 Å². The van der Waals surface area contributed by atoms with Crippen LogP contribution < -0.4 is 15.5 Å². The number of nitrogens with zero attached hydrogens (tertiary/aromatic N) is 2. The van der Waals surface area contributed by atoms with E-state index in [4.69, 9.17) is 23.2 Å². The fourth-order valence-electron chi connectivity index (χ4n) is 4.66. The van der Waals surface area contributed by atoms with Crippen molar-refractivity contribution >= 4 is 52.3 Å². The molecule has 3 amide bonds. The molecular formula is C30H29Cl2FN4O4. The van der Waals surface area contributed by atoms with Crippen molar-refractivity contribution in [3.05, 3.63) is 99.3 Å². The van der Waals surface area contributed by atoms with Gasteiger partial charge in [0, 0.05) is 18.3 Å². The second-order valence-electron chi connectivity index (χ2n) is 9.84. The molecule has 1 heterocycles. The fourth-order valence-corrected chi connectivity index (χ4v) is 4.96. The predicted octanol–water partition coefficient (Wildman–Crippen LogP) is 4.63. The number of benzene rings is 3. The number of halogens is 3. The summed E-state index contributed by atoms with van der Waals surface area (Å²) in [5.74, 6) is -3.73. The summed E-state index contributed by atoms with van der Waals surface area (Å²) in [4.78, 5) is 46.1. The Morgan fingerprint density at radius 1 is 1.02 bits per heavy atom. The SMILES string of the molecule is CNC(=O)CN1C(=O)C(NC(=O)[C@H](c2ccc(F)cc2)[C@@H](O)c2ccc(Cl)c(Cl)c2)N=C(C(C)C)c2ccccc21. The zero-order valence-electron chi connectivity index (χ0n) is 22.6. The van der Waals surface area contributed by atoms with Gasteiger partial charge in [-0.1, -0.05) is 73.4 Å². The highest BCUT2D eigenvalue weighted by Crippen LogP contribution is 2.35. The number of hydrogen-bond acceptors (Lipinski definition) is 5. The Morgan fingerprint density at radius 2 is 1.68 bits per heavy atom. The molecule has 1 unspecified atom stereocenters. The molecule has 8 nitrogen and oxygen atoms in total. The molecule has 1 aliphatic rings. The monoisotopic (exact) mass is 598 g/mol. The van der Waals surface area contributed by atoms with Crippen LogP contribution in [0.3, 0.4) is 0 Å². The van der Waals surface area contributed by atoms with Gasteiger partial charge in [0.15, 0.2) is 0 Å². The van der Waals surface area contributed by atoms with E-state index in [9.17, 15) is 23.9 Å². The van der Waals surface area contributed by atoms with Crippen LogP contribution in [-0.4, -0.2) is 48.3 Å². The van der Waals surface area contributed by atoms with Gasteiger partial charge in [-0.25, -0.2) is 4.39 Å². The summed E-state index contributed by atoms with van der Waals surface area (Å²) in [7, 11) is 1.46. The van der Waals surface area contributed by atoms with Crippen molar-refractivity contribution < 1.29 is 23.9 Å². The summed E-state index contributed by atoms with van der Waals surface area (Å²) < 4.78 is 13.8. The lowest BCUT2D eigenvalue weighted by atomic mass is 9.88. The maximum absolute atomic E-state index is 13.9. The first-order chi connectivity index (χ1) is 19.5. The number of aliphatic hydroxyl groups excluding tert-OH is 1. The molecule has 4 rings (SSSR count). The topological polar surface area (TPSA) is 111 Å². The molecule has 3 N–H and O–H groups in total. The van der Waals surface area contributed by atoms with Crippen molar-refractivity contribution in [3.63, 3.8) is 0 Å². The number of anilines is 1. The number of benzodiazepines with no additional fused rings is 1. The van der Waals surface area contributed by atoms with Gasteiger partial charge < -0.3 is 15.7 Å². The molecule has 3 atom stereocenters. The second kappa shape index (κ2) is 12.8. The van der Waals surface area contributed by atoms with Crippen molar-refractivity contribution in [1.29, 1.82) is 0 Å². The molecule has 3 aromatic rings. The number of aliphatic hydroxyl groups is 1. The number of amides is 3. The van der Waals surface area contributed by atoms with E-state index in [1.165, 1.54) is 54.4 Å². The number of nitrogens with one attached hydrogen (secondary N) is 2. The number of carbonyl (C=O) groups excluding carboxylic acids is 3. The Labute approximate surface area is 247 Å². The van der Waals surface area contributed by atoms with Crippen molar-refractivity contribution in [2.45, 2.75) is 32.0 Å². The molecule has 0 bridgehead atoms. The molecule has 11 heteroatoms. The van der Waals surface area contributed by atoms with E-state index in [1.54, 1.807) is 24.3 Å². The Hall–Kier alpha value is -3.79. The quantitative estimate of drug-likeness (QED) is 0.351. The maximum Gasteiger partial charge on any atom is 0.272 e. The largest absolute Gasteiger partial charge is 0.387 e. The van der Waals surface area contributed by atoms with Crippen LogP contribution in [0.2, 0.25) is 10.0 Å². The van der Waals surface area contributed by atoms with E-state index >= 15 is 0 Å². The number of carbonyl (C=O) groups is 3. The van der Waals surface area contributed by atoms with E-state index in [0.717, 1.165) is 0 Å². The average Bonchev–Trinajstić information content (AvgIpc) is 3.06. The van der Waals surface area contributed by atoms with Gasteiger partial charge in [-0.15, -0.1) is 0 Å². The third kappa shape index (κ3) is 6.59. The highest BCUT2D eigenvalue weighted by atomic mass is 35.5. The minimum atomic E-state index is -1.44. The van der Waals surface area contributed by atoms with Crippen molar-refractivity contribution in [2.24, 2.45) is 10.9 Å². The van der Waals surface area contributed by atoms with Gasteiger partial charge in [0.2, 0.25) is 18.0 Å². The van der Waals surface area contributed by atoms with E-state index in [-0.39, 0.29) is 28.1 Å². The highest BCUT2D eigenvalue weighted by Gasteiger charge is 2.37. The summed E-state index contributed by atoms with van der Waals surface area (Å²) in [6, 6.07) is 16.6. The lowest BCUT2D eigenvalue weighted by Crippen LogP contribution is -2.51. The Kier molecular flexibility index (Phi) is 9.42. The summed E-state index contributed by atoms with van der Waals surface area (Å²) in [5, 5.41) is 17.0. The first kappa shape index (κ1) is 30.2. The van der Waals surface area contributed by atoms with Crippen LogP contribution in [0.25, 0.3) is 0 Å². The molecule has 41 heavy (non-hydrogen) atoms. The Morgan fingerprint density at radius 3 is 2.32 bits per heavy atom. The van der Waals surface area contributed by atoms with Gasteiger partial charge in [0.1, 0.15) is 12.4 Å². The fraction of sp³-hybridized carbons (Fsp3) is 0.267. The first-order valence-corrected chi connectivity index (χ1v) is 13.6. The first-order valence-electron chi connectivity index (χ1n) is 12.9. The molecule has 0 saturated heterocycles. The number of hydrogen-bond donors (Lipinski definition) is 3. The molecule has 214 valence electrons. The lowest BCUT2D eigenvalue weighted by Gasteiger charge is -2.27. The summed E-state index contributed by atoms with van der Waals surface area (Å²) in [5.41, 5.74) is 2.28. The molecule has 0 spiro atoms. The minimum Gasteiger partial charge on any atom is -0.387 e. The molecule has 0 saturated carbocycles. The number of aliphatic imine (C=N–C) groups is 1. The second-order valence-corrected chi connectivity index (χ2v) is 10.7. The summed E-state index contributed by atoms with van der Waals surface area (Å²) in [6.45, 7) is 3.51. The molecule has 3 aromatic carbocycles. The van der Waals surface area contributed by atoms with Crippen molar-refractivity contribution in [2.75, 3.05) is 18.5 Å². The average molecular weight is 599 g/mol. The van der Waals surface area contributed by atoms with Crippen LogP contribution >= 0.6 is 23.2 Å². The van der Waals surface area contributed by atoms with Gasteiger partial charge >= 0.3 is 0 Å². The highest BCUT2D eigenvalue weighted by molar-refractivity contribution is 6.42. The van der Waals surface area contributed by atoms with Crippen LogP contribution in [0.1, 0.15) is 42.6 Å². The molecule has 1 aliphatic heterocycles. The van der Waals surface area contributed by atoms with Crippen LogP contribution in [0.4, 0.5) is 10.1 Å². The minimum absolute atomic E-state index is 0.141. The Bertz CT molecular complexity index is 1500. The van der Waals surface area contributed by atoms with Gasteiger partial charge in [-0.2, -0.15) is 0 Å². The van der Waals surface area contributed by atoms with Gasteiger partial charge in [0.25, 0.3) is 5.91 Å². The summed E-state index contributed by atoms with van der Waals surface area (Å²) in [6.07, 6.45) is -2.86. The van der Waals surface area contributed by atoms with Crippen molar-refractivity contribution in [1.82, 2.24) is 10.6 Å².